The van der Waals surface area contributed by atoms with E-state index < -0.39 is 6.04 Å². The zero-order chi connectivity index (χ0) is 19.7. The van der Waals surface area contributed by atoms with Crippen LogP contribution in [0.1, 0.15) is 35.9 Å². The Bertz CT molecular complexity index is 881. The lowest BCUT2D eigenvalue weighted by molar-refractivity contribution is -0.145. The van der Waals surface area contributed by atoms with E-state index in [0.29, 0.717) is 13.0 Å². The molecule has 2 amide bonds. The van der Waals surface area contributed by atoms with Crippen LogP contribution in [0.15, 0.2) is 67.3 Å². The fraction of sp³-hybridized carbons (Fsp3) is 0.304. The van der Waals surface area contributed by atoms with Crippen LogP contribution < -0.4 is 5.32 Å². The normalized spacial score (nSPS) is 26.5. The molecule has 2 aromatic carbocycles. The van der Waals surface area contributed by atoms with Crippen molar-refractivity contribution < 1.29 is 14.0 Å². The molecule has 1 aliphatic carbocycles. The Labute approximate surface area is 164 Å². The van der Waals surface area contributed by atoms with Crippen molar-refractivity contribution >= 4 is 11.8 Å². The molecular formula is C23H23FN2O2. The van der Waals surface area contributed by atoms with Crippen LogP contribution in [0, 0.1) is 11.7 Å². The minimum absolute atomic E-state index is 0.00282. The quantitative estimate of drug-likeness (QED) is 0.809. The van der Waals surface area contributed by atoms with Crippen molar-refractivity contribution in [2.24, 2.45) is 5.92 Å². The summed E-state index contributed by atoms with van der Waals surface area (Å²) in [7, 11) is 0. The zero-order valence-corrected chi connectivity index (χ0v) is 15.6. The number of hydrogen-bond acceptors (Lipinski definition) is 2. The number of amides is 2. The Balaban J connectivity index is 1.54. The SMILES string of the molecule is C=CCC1C(=O)NC(c2ccccc2)CN1C(=O)C1CC1c1ccc(F)cc1. The highest BCUT2D eigenvalue weighted by atomic mass is 19.1. The van der Waals surface area contributed by atoms with E-state index in [-0.39, 0.29) is 35.5 Å². The van der Waals surface area contributed by atoms with Crippen LogP contribution in [0.4, 0.5) is 4.39 Å². The summed E-state index contributed by atoms with van der Waals surface area (Å²) in [6.45, 7) is 4.18. The molecule has 2 fully saturated rings. The first-order valence-electron chi connectivity index (χ1n) is 9.60. The lowest BCUT2D eigenvalue weighted by atomic mass is 9.98. The molecule has 0 spiro atoms. The van der Waals surface area contributed by atoms with Crippen molar-refractivity contribution in [2.45, 2.75) is 30.8 Å². The minimum atomic E-state index is -0.528. The molecule has 0 radical (unpaired) electrons. The van der Waals surface area contributed by atoms with E-state index in [1.807, 2.05) is 30.3 Å². The number of nitrogens with one attached hydrogen (secondary N) is 1. The van der Waals surface area contributed by atoms with Gasteiger partial charge in [-0.2, -0.15) is 0 Å². The van der Waals surface area contributed by atoms with Gasteiger partial charge in [0.05, 0.1) is 6.04 Å². The average Bonchev–Trinajstić information content (AvgIpc) is 3.51. The smallest absolute Gasteiger partial charge is 0.243 e. The highest BCUT2D eigenvalue weighted by Crippen LogP contribution is 2.49. The zero-order valence-electron chi connectivity index (χ0n) is 15.6. The first-order valence-corrected chi connectivity index (χ1v) is 9.60. The van der Waals surface area contributed by atoms with Gasteiger partial charge in [-0.3, -0.25) is 9.59 Å². The monoisotopic (exact) mass is 378 g/mol. The maximum Gasteiger partial charge on any atom is 0.243 e. The van der Waals surface area contributed by atoms with Gasteiger partial charge in [0.25, 0.3) is 0 Å². The second kappa shape index (κ2) is 7.58. The van der Waals surface area contributed by atoms with Crippen LogP contribution >= 0.6 is 0 Å². The van der Waals surface area contributed by atoms with Crippen LogP contribution in [0.25, 0.3) is 0 Å². The standard InChI is InChI=1S/C23H23FN2O2/c1-2-6-21-22(27)25-20(16-7-4-3-5-8-16)14-26(21)23(28)19-13-18(19)15-9-11-17(24)12-10-15/h2-5,7-12,18-21H,1,6,13-14H2,(H,25,27). The number of carbonyl (C=O) groups excluding carboxylic acids is 2. The van der Waals surface area contributed by atoms with Crippen LogP contribution in [-0.2, 0) is 9.59 Å². The van der Waals surface area contributed by atoms with Crippen molar-refractivity contribution in [1.82, 2.24) is 10.2 Å². The van der Waals surface area contributed by atoms with E-state index in [1.54, 1.807) is 23.1 Å². The molecule has 1 saturated carbocycles. The van der Waals surface area contributed by atoms with Gasteiger partial charge in [0.1, 0.15) is 11.9 Å². The van der Waals surface area contributed by atoms with Gasteiger partial charge in [-0.15, -0.1) is 6.58 Å². The number of rotatable bonds is 5. The number of halogens is 1. The van der Waals surface area contributed by atoms with Crippen LogP contribution in [0.5, 0.6) is 0 Å². The van der Waals surface area contributed by atoms with Crippen molar-refractivity contribution in [3.05, 3.63) is 84.2 Å². The third-order valence-corrected chi connectivity index (χ3v) is 5.66. The van der Waals surface area contributed by atoms with Crippen molar-refractivity contribution in [3.8, 4) is 0 Å². The molecule has 4 nitrogen and oxygen atoms in total. The summed E-state index contributed by atoms with van der Waals surface area (Å²) in [5.41, 5.74) is 1.96. The van der Waals surface area contributed by atoms with Gasteiger partial charge in [-0.05, 0) is 42.0 Å². The van der Waals surface area contributed by atoms with Gasteiger partial charge in [0, 0.05) is 12.5 Å². The molecule has 2 aromatic rings. The summed E-state index contributed by atoms with van der Waals surface area (Å²) >= 11 is 0. The summed E-state index contributed by atoms with van der Waals surface area (Å²) < 4.78 is 13.2. The summed E-state index contributed by atoms with van der Waals surface area (Å²) in [5, 5.41) is 3.04. The van der Waals surface area contributed by atoms with E-state index in [9.17, 15) is 14.0 Å². The fourth-order valence-corrected chi connectivity index (χ4v) is 4.05. The van der Waals surface area contributed by atoms with Crippen LogP contribution in [-0.4, -0.2) is 29.3 Å². The molecule has 0 aromatic heterocycles. The molecule has 1 aliphatic heterocycles. The third kappa shape index (κ3) is 3.57. The van der Waals surface area contributed by atoms with E-state index in [2.05, 4.69) is 11.9 Å². The van der Waals surface area contributed by atoms with Crippen molar-refractivity contribution in [1.29, 1.82) is 0 Å². The first kappa shape index (κ1) is 18.4. The summed E-state index contributed by atoms with van der Waals surface area (Å²) in [5.74, 6) is -0.487. The molecule has 5 heteroatoms. The van der Waals surface area contributed by atoms with Gasteiger partial charge >= 0.3 is 0 Å². The second-order valence-corrected chi connectivity index (χ2v) is 7.50. The van der Waals surface area contributed by atoms with Gasteiger partial charge in [0.2, 0.25) is 11.8 Å². The number of benzene rings is 2. The van der Waals surface area contributed by atoms with Crippen molar-refractivity contribution in [3.63, 3.8) is 0 Å². The number of piperazine rings is 1. The first-order chi connectivity index (χ1) is 13.6. The lowest BCUT2D eigenvalue weighted by Gasteiger charge is -2.39. The summed E-state index contributed by atoms with van der Waals surface area (Å²) in [4.78, 5) is 27.7. The Kier molecular flexibility index (Phi) is 4.99. The Morgan fingerprint density at radius 3 is 2.54 bits per heavy atom. The maximum absolute atomic E-state index is 13.3. The second-order valence-electron chi connectivity index (χ2n) is 7.50. The lowest BCUT2D eigenvalue weighted by Crippen LogP contribution is -2.58. The van der Waals surface area contributed by atoms with Crippen molar-refractivity contribution in [2.75, 3.05) is 6.54 Å². The maximum atomic E-state index is 13.3. The summed E-state index contributed by atoms with van der Waals surface area (Å²) in [6, 6.07) is 15.3. The third-order valence-electron chi connectivity index (χ3n) is 5.66. The van der Waals surface area contributed by atoms with E-state index >= 15 is 0 Å². The molecular weight excluding hydrogens is 355 g/mol. The predicted molar refractivity (Wildman–Crippen MR) is 105 cm³/mol. The van der Waals surface area contributed by atoms with Gasteiger partial charge in [-0.25, -0.2) is 4.39 Å². The van der Waals surface area contributed by atoms with E-state index in [1.165, 1.54) is 12.1 Å². The molecule has 4 atom stereocenters. The van der Waals surface area contributed by atoms with E-state index in [4.69, 9.17) is 0 Å². The molecule has 1 saturated heterocycles. The Hall–Kier alpha value is -2.95. The Morgan fingerprint density at radius 2 is 1.86 bits per heavy atom. The number of nitrogens with zero attached hydrogens (tertiary/aromatic N) is 1. The predicted octanol–water partition coefficient (Wildman–Crippen LogP) is 3.57. The highest BCUT2D eigenvalue weighted by molar-refractivity contribution is 5.91. The molecule has 4 unspecified atom stereocenters. The number of carbonyl (C=O) groups is 2. The topological polar surface area (TPSA) is 49.4 Å². The molecule has 2 aliphatic rings. The summed E-state index contributed by atoms with van der Waals surface area (Å²) in [6.07, 6.45) is 2.84. The highest BCUT2D eigenvalue weighted by Gasteiger charge is 2.49. The fourth-order valence-electron chi connectivity index (χ4n) is 4.05. The minimum Gasteiger partial charge on any atom is -0.346 e. The molecule has 144 valence electrons. The largest absolute Gasteiger partial charge is 0.346 e. The van der Waals surface area contributed by atoms with Gasteiger partial charge < -0.3 is 10.2 Å². The van der Waals surface area contributed by atoms with Gasteiger partial charge in [0.15, 0.2) is 0 Å². The Morgan fingerprint density at radius 1 is 1.14 bits per heavy atom. The molecule has 1 N–H and O–H groups in total. The van der Waals surface area contributed by atoms with Crippen LogP contribution in [0.2, 0.25) is 0 Å². The molecule has 1 heterocycles. The number of hydrogen-bond donors (Lipinski definition) is 1. The molecule has 28 heavy (non-hydrogen) atoms. The molecule has 4 rings (SSSR count). The average molecular weight is 378 g/mol. The van der Waals surface area contributed by atoms with E-state index in [0.717, 1.165) is 17.5 Å². The van der Waals surface area contributed by atoms with Crippen LogP contribution in [0.3, 0.4) is 0 Å². The molecule has 0 bridgehead atoms. The van der Waals surface area contributed by atoms with Gasteiger partial charge in [-0.1, -0.05) is 48.5 Å².